The zero-order valence-electron chi connectivity index (χ0n) is 8.30. The van der Waals surface area contributed by atoms with E-state index < -0.39 is 0 Å². The molecule has 3 rings (SSSR count). The Morgan fingerprint density at radius 1 is 1.50 bits per heavy atom. The second-order valence-corrected chi connectivity index (χ2v) is 4.75. The molecule has 0 N–H and O–H groups in total. The zero-order chi connectivity index (χ0) is 8.77. The van der Waals surface area contributed by atoms with Crippen LogP contribution in [0, 0.1) is 17.3 Å². The lowest BCUT2D eigenvalue weighted by Crippen LogP contribution is -2.47. The summed E-state index contributed by atoms with van der Waals surface area (Å²) < 4.78 is 0. The minimum Gasteiger partial charge on any atom is -0.0874 e. The Hall–Kier alpha value is -0.520. The van der Waals surface area contributed by atoms with Crippen LogP contribution in [0.2, 0.25) is 0 Å². The molecule has 12 heavy (non-hydrogen) atoms. The third-order valence-corrected chi connectivity index (χ3v) is 3.87. The van der Waals surface area contributed by atoms with Crippen molar-refractivity contribution in [1.82, 2.24) is 0 Å². The van der Waals surface area contributed by atoms with Crippen molar-refractivity contribution in [1.29, 1.82) is 0 Å². The van der Waals surface area contributed by atoms with E-state index in [9.17, 15) is 0 Å². The summed E-state index contributed by atoms with van der Waals surface area (Å²) in [6.45, 7) is 6.95. The summed E-state index contributed by atoms with van der Waals surface area (Å²) in [5.74, 6) is 1.82. The van der Waals surface area contributed by atoms with Crippen LogP contribution in [0.4, 0.5) is 0 Å². The highest BCUT2D eigenvalue weighted by molar-refractivity contribution is 5.31. The van der Waals surface area contributed by atoms with Gasteiger partial charge in [-0.1, -0.05) is 32.1 Å². The van der Waals surface area contributed by atoms with Gasteiger partial charge in [0.2, 0.25) is 0 Å². The maximum absolute atomic E-state index is 2.43. The third kappa shape index (κ3) is 0.903. The molecule has 0 radical (unpaired) electrons. The quantitative estimate of drug-likeness (QED) is 0.553. The van der Waals surface area contributed by atoms with Crippen molar-refractivity contribution in [2.24, 2.45) is 17.3 Å². The summed E-state index contributed by atoms with van der Waals surface area (Å²) in [6.07, 6.45) is 9.64. The minimum atomic E-state index is 0.587. The predicted molar refractivity (Wildman–Crippen MR) is 52.9 cm³/mol. The van der Waals surface area contributed by atoms with Crippen molar-refractivity contribution in [2.45, 2.75) is 33.6 Å². The van der Waals surface area contributed by atoms with Gasteiger partial charge in [0.25, 0.3) is 0 Å². The van der Waals surface area contributed by atoms with Crippen LogP contribution in [-0.2, 0) is 0 Å². The van der Waals surface area contributed by atoms with Crippen LogP contribution in [-0.4, -0.2) is 0 Å². The van der Waals surface area contributed by atoms with E-state index >= 15 is 0 Å². The Morgan fingerprint density at radius 3 is 2.75 bits per heavy atom. The minimum absolute atomic E-state index is 0.587. The number of fused-ring (bicyclic) bond motifs is 1. The third-order valence-electron chi connectivity index (χ3n) is 3.87. The highest BCUT2D eigenvalue weighted by Gasteiger charge is 2.50. The fourth-order valence-electron chi connectivity index (χ4n) is 2.78. The molecule has 0 aromatic rings. The lowest BCUT2D eigenvalue weighted by molar-refractivity contribution is -0.00329. The molecule has 0 aromatic heterocycles. The van der Waals surface area contributed by atoms with Crippen LogP contribution >= 0.6 is 0 Å². The van der Waals surface area contributed by atoms with E-state index in [1.54, 1.807) is 5.57 Å². The Balaban J connectivity index is 2.23. The normalized spacial score (nSPS) is 37.8. The fourth-order valence-corrected chi connectivity index (χ4v) is 2.78. The highest BCUT2D eigenvalue weighted by atomic mass is 14.5. The molecular weight excluding hydrogens is 144 g/mol. The summed E-state index contributed by atoms with van der Waals surface area (Å²) in [5.41, 5.74) is 2.17. The molecule has 1 saturated carbocycles. The molecule has 1 fully saturated rings. The van der Waals surface area contributed by atoms with Crippen LogP contribution in [0.15, 0.2) is 23.8 Å². The number of hydrogen-bond donors (Lipinski definition) is 0. The Labute approximate surface area is 75.4 Å². The summed E-state index contributed by atoms with van der Waals surface area (Å²) in [6, 6.07) is 0. The number of allylic oxidation sites excluding steroid dienone is 4. The molecule has 0 aromatic carbocycles. The molecule has 3 aliphatic carbocycles. The van der Waals surface area contributed by atoms with Crippen molar-refractivity contribution in [3.63, 3.8) is 0 Å². The largest absolute Gasteiger partial charge is 0.0874 e. The second kappa shape index (κ2) is 2.48. The molecule has 3 aliphatic rings. The van der Waals surface area contributed by atoms with E-state index in [2.05, 4.69) is 39.0 Å². The molecule has 0 spiro atoms. The van der Waals surface area contributed by atoms with Gasteiger partial charge >= 0.3 is 0 Å². The van der Waals surface area contributed by atoms with E-state index in [0.29, 0.717) is 5.41 Å². The second-order valence-electron chi connectivity index (χ2n) is 4.75. The first-order chi connectivity index (χ1) is 5.66. The van der Waals surface area contributed by atoms with Crippen molar-refractivity contribution in [3.05, 3.63) is 23.8 Å². The van der Waals surface area contributed by atoms with Gasteiger partial charge in [-0.25, -0.2) is 0 Å². The van der Waals surface area contributed by atoms with Crippen molar-refractivity contribution >= 4 is 0 Å². The molecule has 0 amide bonds. The first kappa shape index (κ1) is 8.10. The van der Waals surface area contributed by atoms with Crippen molar-refractivity contribution < 1.29 is 0 Å². The molecule has 66 valence electrons. The van der Waals surface area contributed by atoms with Gasteiger partial charge in [0, 0.05) is 0 Å². The highest BCUT2D eigenvalue weighted by Crippen LogP contribution is 2.59. The standard InChI is InChI=1S/C12H18/c1-4-5-9-6-7-10-8-11(9)12(10,2)3/h4-6,10-11H,7-8H2,1-3H3/b5-4+/t10-,11-/m0/s1. The van der Waals surface area contributed by atoms with E-state index in [0.717, 1.165) is 11.8 Å². The topological polar surface area (TPSA) is 0 Å². The molecule has 2 atom stereocenters. The van der Waals surface area contributed by atoms with E-state index in [1.807, 2.05) is 0 Å². The Morgan fingerprint density at radius 2 is 2.25 bits per heavy atom. The average Bonchev–Trinajstić information content (AvgIpc) is 2.05. The van der Waals surface area contributed by atoms with Crippen LogP contribution in [0.25, 0.3) is 0 Å². The summed E-state index contributed by atoms with van der Waals surface area (Å²) in [5, 5.41) is 0. The summed E-state index contributed by atoms with van der Waals surface area (Å²) in [4.78, 5) is 0. The van der Waals surface area contributed by atoms with E-state index in [-0.39, 0.29) is 0 Å². The first-order valence-electron chi connectivity index (χ1n) is 4.99. The molecule has 0 heterocycles. The van der Waals surface area contributed by atoms with Crippen molar-refractivity contribution in [2.75, 3.05) is 0 Å². The van der Waals surface area contributed by atoms with E-state index in [4.69, 9.17) is 0 Å². The van der Waals surface area contributed by atoms with Gasteiger partial charge < -0.3 is 0 Å². The molecule has 0 heteroatoms. The Kier molecular flexibility index (Phi) is 1.67. The lowest BCUT2D eigenvalue weighted by atomic mass is 9.49. The summed E-state index contributed by atoms with van der Waals surface area (Å²) in [7, 11) is 0. The molecule has 2 bridgehead atoms. The monoisotopic (exact) mass is 162 g/mol. The number of hydrogen-bond acceptors (Lipinski definition) is 0. The molecule has 0 aliphatic heterocycles. The van der Waals surface area contributed by atoms with Crippen LogP contribution in [0.1, 0.15) is 33.6 Å². The predicted octanol–water partition coefficient (Wildman–Crippen LogP) is 3.55. The van der Waals surface area contributed by atoms with Crippen LogP contribution < -0.4 is 0 Å². The maximum atomic E-state index is 2.43. The molecule has 0 saturated heterocycles. The van der Waals surface area contributed by atoms with Gasteiger partial charge in [-0.05, 0) is 42.6 Å². The lowest BCUT2D eigenvalue weighted by Gasteiger charge is -2.56. The molecule has 0 nitrogen and oxygen atoms in total. The van der Waals surface area contributed by atoms with Gasteiger partial charge in [0.1, 0.15) is 0 Å². The average molecular weight is 162 g/mol. The SMILES string of the molecule is C/C=C/C1=CC[C@H]2C[C@@H]1C2(C)C. The number of rotatable bonds is 1. The van der Waals surface area contributed by atoms with E-state index in [1.165, 1.54) is 12.8 Å². The van der Waals surface area contributed by atoms with Gasteiger partial charge in [-0.2, -0.15) is 0 Å². The molecular formula is C12H18. The molecule has 0 unspecified atom stereocenters. The summed E-state index contributed by atoms with van der Waals surface area (Å²) >= 11 is 0. The fraction of sp³-hybridized carbons (Fsp3) is 0.667. The van der Waals surface area contributed by atoms with Crippen LogP contribution in [0.3, 0.4) is 0 Å². The maximum Gasteiger partial charge on any atom is -0.0108 e. The van der Waals surface area contributed by atoms with Gasteiger partial charge in [-0.15, -0.1) is 0 Å². The van der Waals surface area contributed by atoms with Gasteiger partial charge in [0.05, 0.1) is 0 Å². The van der Waals surface area contributed by atoms with Crippen LogP contribution in [0.5, 0.6) is 0 Å². The first-order valence-corrected chi connectivity index (χ1v) is 4.99. The zero-order valence-corrected chi connectivity index (χ0v) is 8.30. The van der Waals surface area contributed by atoms with Gasteiger partial charge in [0.15, 0.2) is 0 Å². The Bertz CT molecular complexity index is 243. The van der Waals surface area contributed by atoms with Crippen molar-refractivity contribution in [3.8, 4) is 0 Å². The smallest absolute Gasteiger partial charge is 0.0108 e. The van der Waals surface area contributed by atoms with Gasteiger partial charge in [-0.3, -0.25) is 0 Å².